The first-order chi connectivity index (χ1) is 11.4. The summed E-state index contributed by atoms with van der Waals surface area (Å²) in [6, 6.07) is 3.70. The van der Waals surface area contributed by atoms with Crippen molar-refractivity contribution in [1.29, 1.82) is 0 Å². The number of fused-ring (bicyclic) bond motifs is 1. The van der Waals surface area contributed by atoms with Crippen molar-refractivity contribution in [3.63, 3.8) is 0 Å². The van der Waals surface area contributed by atoms with Crippen molar-refractivity contribution in [2.75, 3.05) is 38.1 Å². The monoisotopic (exact) mass is 332 g/mol. The number of ether oxygens (including phenoxy) is 1. The molecule has 1 saturated heterocycles. The van der Waals surface area contributed by atoms with E-state index >= 15 is 0 Å². The molecule has 0 atom stereocenters. The van der Waals surface area contributed by atoms with Crippen LogP contribution in [0.2, 0.25) is 0 Å². The second-order valence-electron chi connectivity index (χ2n) is 6.02. The number of hydrogen-bond acceptors (Lipinski definition) is 6. The van der Waals surface area contributed by atoms with Gasteiger partial charge in [0.2, 0.25) is 5.75 Å². The Bertz CT molecular complexity index is 853. The highest BCUT2D eigenvalue weighted by Crippen LogP contribution is 2.33. The normalized spacial score (nSPS) is 15.7. The fraction of sp³-hybridized carbons (Fsp3) is 0.438. The van der Waals surface area contributed by atoms with E-state index in [1.807, 2.05) is 31.0 Å². The van der Waals surface area contributed by atoms with Crippen LogP contribution >= 0.6 is 0 Å². The number of anilines is 1. The van der Waals surface area contributed by atoms with Gasteiger partial charge in [-0.25, -0.2) is 9.78 Å². The lowest BCUT2D eigenvalue weighted by Gasteiger charge is -2.35. The van der Waals surface area contributed by atoms with Crippen LogP contribution in [0.4, 0.5) is 10.5 Å². The molecule has 0 amide bonds. The Kier molecular flexibility index (Phi) is 4.15. The number of carboxylic acid groups (broad SMARTS) is 1. The fourth-order valence-corrected chi connectivity index (χ4v) is 2.98. The fourth-order valence-electron chi connectivity index (χ4n) is 2.98. The Morgan fingerprint density at radius 2 is 1.88 bits per heavy atom. The number of likely N-dealkylation sites (N-methyl/N-ethyl adjacent to an activating group) is 1. The van der Waals surface area contributed by atoms with E-state index < -0.39 is 11.7 Å². The minimum atomic E-state index is -1.50. The van der Waals surface area contributed by atoms with Crippen molar-refractivity contribution < 1.29 is 14.6 Å². The molecule has 24 heavy (non-hydrogen) atoms. The minimum Gasteiger partial charge on any atom is -0.449 e. The summed E-state index contributed by atoms with van der Waals surface area (Å²) in [7, 11) is 3.60. The number of aryl methyl sites for hydroxylation is 2. The first-order valence-corrected chi connectivity index (χ1v) is 7.73. The third-order valence-electron chi connectivity index (χ3n) is 4.31. The summed E-state index contributed by atoms with van der Waals surface area (Å²) in [5, 5.41) is 9.76. The first kappa shape index (κ1) is 16.3. The molecule has 0 radical (unpaired) electrons. The number of nitrogens with zero attached hydrogens (tertiary/aromatic N) is 4. The Hall–Kier alpha value is -2.61. The van der Waals surface area contributed by atoms with Gasteiger partial charge in [0.15, 0.2) is 0 Å². The smallest absolute Gasteiger partial charge is 0.449 e. The van der Waals surface area contributed by atoms with Crippen molar-refractivity contribution >= 4 is 22.9 Å². The zero-order valence-corrected chi connectivity index (χ0v) is 13.9. The van der Waals surface area contributed by atoms with Crippen LogP contribution in [0.15, 0.2) is 16.9 Å². The van der Waals surface area contributed by atoms with Gasteiger partial charge >= 0.3 is 6.16 Å². The van der Waals surface area contributed by atoms with Gasteiger partial charge in [-0.1, -0.05) is 0 Å². The van der Waals surface area contributed by atoms with Crippen LogP contribution in [0.5, 0.6) is 5.75 Å². The minimum absolute atomic E-state index is 0.160. The summed E-state index contributed by atoms with van der Waals surface area (Å²) in [6.45, 7) is 4.86. The number of carbonyl (C=O) groups is 1. The lowest BCUT2D eigenvalue weighted by Crippen LogP contribution is -2.45. The van der Waals surface area contributed by atoms with E-state index in [0.29, 0.717) is 29.8 Å². The molecule has 2 aromatic heterocycles. The third kappa shape index (κ3) is 2.80. The Balaban J connectivity index is 2.28. The summed E-state index contributed by atoms with van der Waals surface area (Å²) in [6.07, 6.45) is -1.50. The first-order valence-electron chi connectivity index (χ1n) is 7.73. The van der Waals surface area contributed by atoms with Crippen molar-refractivity contribution in [2.45, 2.75) is 6.92 Å². The SMILES string of the molecule is Cc1ccc2c(N3CCN(C)CC3)c(OC(=O)O)c(=O)n(C)c2n1. The predicted octanol–water partition coefficient (Wildman–Crippen LogP) is 1.05. The second-order valence-corrected chi connectivity index (χ2v) is 6.02. The van der Waals surface area contributed by atoms with Crippen LogP contribution in [-0.4, -0.2) is 58.9 Å². The van der Waals surface area contributed by atoms with Gasteiger partial charge in [-0.15, -0.1) is 0 Å². The van der Waals surface area contributed by atoms with Crippen molar-refractivity contribution in [1.82, 2.24) is 14.5 Å². The Morgan fingerprint density at radius 3 is 2.50 bits per heavy atom. The van der Waals surface area contributed by atoms with Crippen molar-refractivity contribution in [3.8, 4) is 5.75 Å². The van der Waals surface area contributed by atoms with Gasteiger partial charge in [0.05, 0.1) is 5.69 Å². The molecule has 0 aliphatic carbocycles. The van der Waals surface area contributed by atoms with Crippen LogP contribution < -0.4 is 15.2 Å². The van der Waals surface area contributed by atoms with Gasteiger partial charge < -0.3 is 19.6 Å². The van der Waals surface area contributed by atoms with E-state index in [1.165, 1.54) is 4.57 Å². The van der Waals surface area contributed by atoms with Crippen LogP contribution in [0.1, 0.15) is 5.69 Å². The van der Waals surface area contributed by atoms with Gasteiger partial charge in [0.25, 0.3) is 5.56 Å². The van der Waals surface area contributed by atoms with Gasteiger partial charge in [0, 0.05) is 44.3 Å². The van der Waals surface area contributed by atoms with Crippen LogP contribution in [0.25, 0.3) is 11.0 Å². The molecule has 128 valence electrons. The van der Waals surface area contributed by atoms with Crippen molar-refractivity contribution in [3.05, 3.63) is 28.2 Å². The zero-order valence-electron chi connectivity index (χ0n) is 13.9. The average Bonchev–Trinajstić information content (AvgIpc) is 2.54. The topological polar surface area (TPSA) is 87.9 Å². The van der Waals surface area contributed by atoms with Crippen LogP contribution in [0, 0.1) is 6.92 Å². The van der Waals surface area contributed by atoms with Gasteiger partial charge in [-0.3, -0.25) is 9.36 Å². The molecule has 3 heterocycles. The highest BCUT2D eigenvalue weighted by molar-refractivity contribution is 5.94. The highest BCUT2D eigenvalue weighted by Gasteiger charge is 2.26. The largest absolute Gasteiger partial charge is 0.511 e. The molecule has 3 rings (SSSR count). The number of pyridine rings is 2. The molecule has 8 heteroatoms. The maximum absolute atomic E-state index is 12.7. The second kappa shape index (κ2) is 6.12. The molecule has 0 aromatic carbocycles. The molecule has 1 aliphatic rings. The maximum Gasteiger partial charge on any atom is 0.511 e. The molecule has 0 bridgehead atoms. The number of piperazine rings is 1. The third-order valence-corrected chi connectivity index (χ3v) is 4.31. The summed E-state index contributed by atoms with van der Waals surface area (Å²) in [5.41, 5.74) is 1.31. The highest BCUT2D eigenvalue weighted by atomic mass is 16.7. The van der Waals surface area contributed by atoms with E-state index in [2.05, 4.69) is 9.88 Å². The number of aromatic nitrogens is 2. The number of rotatable bonds is 2. The lowest BCUT2D eigenvalue weighted by atomic mass is 10.1. The standard InChI is InChI=1S/C16H20N4O4/c1-10-4-5-11-12(20-8-6-18(2)7-9-20)13(24-16(22)23)15(21)19(3)14(11)17-10/h4-5H,6-9H2,1-3H3,(H,22,23). The molecule has 8 nitrogen and oxygen atoms in total. The Morgan fingerprint density at radius 1 is 1.21 bits per heavy atom. The van der Waals surface area contributed by atoms with E-state index in [9.17, 15) is 9.59 Å². The zero-order chi connectivity index (χ0) is 17.4. The Labute approximate surface area is 138 Å². The van der Waals surface area contributed by atoms with Gasteiger partial charge in [0.1, 0.15) is 5.65 Å². The van der Waals surface area contributed by atoms with E-state index in [4.69, 9.17) is 9.84 Å². The molecular formula is C16H20N4O4. The van der Waals surface area contributed by atoms with Gasteiger partial charge in [-0.05, 0) is 26.1 Å². The summed E-state index contributed by atoms with van der Waals surface area (Å²) < 4.78 is 6.21. The quantitative estimate of drug-likeness (QED) is 0.822. The van der Waals surface area contributed by atoms with E-state index in [1.54, 1.807) is 7.05 Å². The molecule has 0 saturated carbocycles. The van der Waals surface area contributed by atoms with Crippen LogP contribution in [-0.2, 0) is 7.05 Å². The molecule has 1 aliphatic heterocycles. The van der Waals surface area contributed by atoms with E-state index in [0.717, 1.165) is 18.8 Å². The number of hydrogen-bond donors (Lipinski definition) is 1. The maximum atomic E-state index is 12.7. The molecule has 0 spiro atoms. The molecule has 1 N–H and O–H groups in total. The van der Waals surface area contributed by atoms with E-state index in [-0.39, 0.29) is 5.75 Å². The molecule has 1 fully saturated rings. The summed E-state index contributed by atoms with van der Waals surface area (Å²) >= 11 is 0. The van der Waals surface area contributed by atoms with Crippen molar-refractivity contribution in [2.24, 2.45) is 7.05 Å². The lowest BCUT2D eigenvalue weighted by molar-refractivity contribution is 0.143. The molecular weight excluding hydrogens is 312 g/mol. The van der Waals surface area contributed by atoms with Crippen LogP contribution in [0.3, 0.4) is 0 Å². The molecule has 2 aromatic rings. The summed E-state index contributed by atoms with van der Waals surface area (Å²) in [5.74, 6) is -0.160. The molecule has 0 unspecified atom stereocenters. The van der Waals surface area contributed by atoms with Gasteiger partial charge in [-0.2, -0.15) is 0 Å². The average molecular weight is 332 g/mol. The summed E-state index contributed by atoms with van der Waals surface area (Å²) in [4.78, 5) is 32.4. The predicted molar refractivity (Wildman–Crippen MR) is 90.1 cm³/mol.